The van der Waals surface area contributed by atoms with Gasteiger partial charge in [0.2, 0.25) is 5.91 Å². The lowest BCUT2D eigenvalue weighted by molar-refractivity contribution is -0.135. The first-order chi connectivity index (χ1) is 9.91. The molecule has 2 amide bonds. The summed E-state index contributed by atoms with van der Waals surface area (Å²) in [7, 11) is 1.78. The fourth-order valence-corrected chi connectivity index (χ4v) is 3.24. The van der Waals surface area contributed by atoms with Crippen LogP contribution in [0.2, 0.25) is 0 Å². The molecule has 0 spiro atoms. The summed E-state index contributed by atoms with van der Waals surface area (Å²) in [5, 5.41) is 0. The fraction of sp³-hybridized carbons (Fsp3) is 0.533. The highest BCUT2D eigenvalue weighted by atomic mass is 32.2. The van der Waals surface area contributed by atoms with E-state index >= 15 is 0 Å². The second kappa shape index (κ2) is 6.47. The third-order valence-corrected chi connectivity index (χ3v) is 4.72. The lowest BCUT2D eigenvalue weighted by atomic mass is 10.2. The van der Waals surface area contributed by atoms with Gasteiger partial charge < -0.3 is 9.80 Å². The third-order valence-electron chi connectivity index (χ3n) is 3.71. The molecule has 1 aromatic rings. The summed E-state index contributed by atoms with van der Waals surface area (Å²) in [5.41, 5.74) is 1.41. The van der Waals surface area contributed by atoms with Crippen LogP contribution in [0.15, 0.2) is 18.3 Å². The largest absolute Gasteiger partial charge is 0.342 e. The van der Waals surface area contributed by atoms with Crippen LogP contribution in [-0.2, 0) is 4.79 Å². The molecule has 0 bridgehead atoms. The molecule has 1 aliphatic rings. The van der Waals surface area contributed by atoms with Crippen LogP contribution in [-0.4, -0.2) is 57.4 Å². The normalized spacial score (nSPS) is 18.1. The summed E-state index contributed by atoms with van der Waals surface area (Å²) >= 11 is 1.61. The van der Waals surface area contributed by atoms with E-state index in [0.29, 0.717) is 17.2 Å². The number of pyridine rings is 1. The molecule has 2 heterocycles. The van der Waals surface area contributed by atoms with E-state index in [1.807, 2.05) is 26.8 Å². The van der Waals surface area contributed by atoms with Gasteiger partial charge in [-0.2, -0.15) is 0 Å². The minimum absolute atomic E-state index is 0.00317. The number of likely N-dealkylation sites (N-methyl/N-ethyl adjacent to an activating group) is 1. The number of aryl methyl sites for hydroxylation is 1. The van der Waals surface area contributed by atoms with Gasteiger partial charge in [0.25, 0.3) is 5.91 Å². The molecule has 5 nitrogen and oxygen atoms in total. The van der Waals surface area contributed by atoms with Crippen LogP contribution in [0.3, 0.4) is 0 Å². The fourth-order valence-electron chi connectivity index (χ4n) is 2.10. The highest BCUT2D eigenvalue weighted by molar-refractivity contribution is 7.99. The summed E-state index contributed by atoms with van der Waals surface area (Å²) in [6, 6.07) is 3.33. The van der Waals surface area contributed by atoms with Crippen molar-refractivity contribution in [2.45, 2.75) is 32.9 Å². The molecule has 1 aliphatic heterocycles. The maximum Gasteiger partial charge on any atom is 0.256 e. The monoisotopic (exact) mass is 307 g/mol. The van der Waals surface area contributed by atoms with Crippen LogP contribution in [0.25, 0.3) is 0 Å². The molecular weight excluding hydrogens is 286 g/mol. The van der Waals surface area contributed by atoms with E-state index in [1.165, 1.54) is 0 Å². The maximum absolute atomic E-state index is 12.6. The molecule has 2 rings (SSSR count). The Hall–Kier alpha value is -1.56. The van der Waals surface area contributed by atoms with Crippen molar-refractivity contribution in [1.29, 1.82) is 0 Å². The van der Waals surface area contributed by atoms with E-state index in [9.17, 15) is 9.59 Å². The second-order valence-electron chi connectivity index (χ2n) is 5.52. The predicted molar refractivity (Wildman–Crippen MR) is 84.2 cm³/mol. The van der Waals surface area contributed by atoms with Gasteiger partial charge in [-0.15, -0.1) is 11.8 Å². The molecule has 0 aliphatic carbocycles. The van der Waals surface area contributed by atoms with Crippen molar-refractivity contribution in [3.8, 4) is 0 Å². The number of carbonyl (C=O) groups is 2. The Morgan fingerprint density at radius 2 is 2.14 bits per heavy atom. The molecule has 0 aromatic carbocycles. The van der Waals surface area contributed by atoms with E-state index < -0.39 is 0 Å². The van der Waals surface area contributed by atoms with E-state index in [2.05, 4.69) is 4.98 Å². The van der Waals surface area contributed by atoms with Crippen LogP contribution in [0, 0.1) is 6.92 Å². The van der Waals surface area contributed by atoms with Crippen molar-refractivity contribution >= 4 is 23.6 Å². The van der Waals surface area contributed by atoms with Crippen molar-refractivity contribution in [2.24, 2.45) is 0 Å². The summed E-state index contributed by atoms with van der Waals surface area (Å²) in [6.07, 6.45) is 1.58. The highest BCUT2D eigenvalue weighted by Gasteiger charge is 2.37. The summed E-state index contributed by atoms with van der Waals surface area (Å²) < 4.78 is 0. The van der Waals surface area contributed by atoms with Gasteiger partial charge in [0.05, 0.1) is 11.4 Å². The average Bonchev–Trinajstić information content (AvgIpc) is 2.95. The number of thioether (sulfide) groups is 1. The van der Waals surface area contributed by atoms with Crippen LogP contribution < -0.4 is 0 Å². The summed E-state index contributed by atoms with van der Waals surface area (Å²) in [5.74, 6) is 1.09. The molecule has 1 fully saturated rings. The minimum Gasteiger partial charge on any atom is -0.342 e. The van der Waals surface area contributed by atoms with Crippen molar-refractivity contribution in [1.82, 2.24) is 14.8 Å². The second-order valence-corrected chi connectivity index (χ2v) is 6.52. The minimum atomic E-state index is -0.379. The highest BCUT2D eigenvalue weighted by Crippen LogP contribution is 2.24. The number of aromatic nitrogens is 1. The Bertz CT molecular complexity index is 530. The molecular formula is C15H21N3O2S. The van der Waals surface area contributed by atoms with Crippen molar-refractivity contribution < 1.29 is 9.59 Å². The smallest absolute Gasteiger partial charge is 0.256 e. The molecule has 21 heavy (non-hydrogen) atoms. The van der Waals surface area contributed by atoms with Crippen LogP contribution in [0.4, 0.5) is 0 Å². The number of hydrogen-bond acceptors (Lipinski definition) is 4. The van der Waals surface area contributed by atoms with Crippen LogP contribution in [0.5, 0.6) is 0 Å². The molecule has 0 unspecified atom stereocenters. The Morgan fingerprint density at radius 3 is 2.71 bits per heavy atom. The Morgan fingerprint density at radius 1 is 1.43 bits per heavy atom. The topological polar surface area (TPSA) is 53.5 Å². The summed E-state index contributed by atoms with van der Waals surface area (Å²) in [4.78, 5) is 32.6. The average molecular weight is 307 g/mol. The molecule has 0 radical (unpaired) electrons. The lowest BCUT2D eigenvalue weighted by Crippen LogP contribution is -2.49. The zero-order valence-electron chi connectivity index (χ0n) is 12.9. The number of nitrogens with zero attached hydrogens (tertiary/aromatic N) is 3. The first kappa shape index (κ1) is 15.8. The lowest BCUT2D eigenvalue weighted by Gasteiger charge is -2.29. The quantitative estimate of drug-likeness (QED) is 0.854. The van der Waals surface area contributed by atoms with Gasteiger partial charge in [0.1, 0.15) is 6.04 Å². The van der Waals surface area contributed by atoms with Crippen molar-refractivity contribution in [3.63, 3.8) is 0 Å². The molecule has 0 N–H and O–H groups in total. The van der Waals surface area contributed by atoms with Gasteiger partial charge in [-0.1, -0.05) is 0 Å². The van der Waals surface area contributed by atoms with Gasteiger partial charge in [-0.25, -0.2) is 0 Å². The van der Waals surface area contributed by atoms with Gasteiger partial charge in [-0.3, -0.25) is 14.6 Å². The van der Waals surface area contributed by atoms with Gasteiger partial charge in [-0.05, 0) is 32.9 Å². The molecule has 1 aromatic heterocycles. The predicted octanol–water partition coefficient (Wildman–Crippen LogP) is 1.77. The Balaban J connectivity index is 2.16. The van der Waals surface area contributed by atoms with E-state index in [-0.39, 0.29) is 23.9 Å². The van der Waals surface area contributed by atoms with Gasteiger partial charge >= 0.3 is 0 Å². The Kier molecular flexibility index (Phi) is 4.88. The molecule has 0 saturated carbocycles. The Labute approximate surface area is 129 Å². The van der Waals surface area contributed by atoms with Crippen LogP contribution in [0.1, 0.15) is 29.9 Å². The van der Waals surface area contributed by atoms with E-state index in [1.54, 1.807) is 40.9 Å². The van der Waals surface area contributed by atoms with E-state index in [0.717, 1.165) is 5.69 Å². The first-order valence-electron chi connectivity index (χ1n) is 7.00. The summed E-state index contributed by atoms with van der Waals surface area (Å²) in [6.45, 7) is 5.82. The third kappa shape index (κ3) is 3.37. The first-order valence-corrected chi connectivity index (χ1v) is 8.15. The molecule has 1 atom stereocenters. The van der Waals surface area contributed by atoms with Crippen molar-refractivity contribution in [3.05, 3.63) is 29.6 Å². The number of carbonyl (C=O) groups excluding carboxylic acids is 2. The van der Waals surface area contributed by atoms with Crippen LogP contribution >= 0.6 is 11.8 Å². The van der Waals surface area contributed by atoms with Gasteiger partial charge in [0, 0.05) is 30.7 Å². The molecule has 1 saturated heterocycles. The maximum atomic E-state index is 12.6. The zero-order valence-corrected chi connectivity index (χ0v) is 13.7. The SMILES string of the molecule is Cc1ccc(C(=O)N2CSC[C@@H]2C(=O)N(C)C(C)C)cn1. The number of amides is 2. The van der Waals surface area contributed by atoms with Gasteiger partial charge in [0.15, 0.2) is 0 Å². The van der Waals surface area contributed by atoms with Crippen molar-refractivity contribution in [2.75, 3.05) is 18.7 Å². The zero-order chi connectivity index (χ0) is 15.6. The molecule has 6 heteroatoms. The van der Waals surface area contributed by atoms with E-state index in [4.69, 9.17) is 0 Å². The molecule has 114 valence electrons. The standard InChI is InChI=1S/C15H21N3O2S/c1-10(2)17(4)15(20)13-8-21-9-18(13)14(19)12-6-5-11(3)16-7-12/h5-7,10,13H,8-9H2,1-4H3/t13-/m1/s1. The number of hydrogen-bond donors (Lipinski definition) is 0. The number of rotatable bonds is 3.